The first-order chi connectivity index (χ1) is 16.0. The minimum Gasteiger partial charge on any atom is -0.486 e. The summed E-state index contributed by atoms with van der Waals surface area (Å²) in [6.45, 7) is 1.49. The van der Waals surface area contributed by atoms with Gasteiger partial charge in [0.05, 0.1) is 0 Å². The van der Waals surface area contributed by atoms with Gasteiger partial charge in [-0.15, -0.1) is 0 Å². The minimum atomic E-state index is -0.652. The first-order valence-corrected chi connectivity index (χ1v) is 10.7. The lowest BCUT2D eigenvalue weighted by Gasteiger charge is -2.29. The average Bonchev–Trinajstić information content (AvgIpc) is 3.13. The number of benzene rings is 2. The first kappa shape index (κ1) is 20.8. The number of carbonyl (C=O) groups is 4. The zero-order valence-electron chi connectivity index (χ0n) is 17.7. The second-order valence-corrected chi connectivity index (χ2v) is 8.06. The van der Waals surface area contributed by atoms with Crippen LogP contribution in [0.4, 0.5) is 10.5 Å². The molecule has 1 atom stereocenters. The van der Waals surface area contributed by atoms with Gasteiger partial charge in [-0.05, 0) is 35.7 Å². The Bertz CT molecular complexity index is 1160. The molecule has 3 aliphatic heterocycles. The lowest BCUT2D eigenvalue weighted by atomic mass is 10.0. The number of piperidine rings is 1. The highest BCUT2D eigenvalue weighted by Crippen LogP contribution is 2.32. The maximum absolute atomic E-state index is 12.9. The third-order valence-corrected chi connectivity index (χ3v) is 5.85. The zero-order chi connectivity index (χ0) is 22.9. The van der Waals surface area contributed by atoms with Gasteiger partial charge in [-0.3, -0.25) is 19.7 Å². The molecule has 2 aromatic carbocycles. The van der Waals surface area contributed by atoms with Crippen molar-refractivity contribution in [2.75, 3.05) is 18.5 Å². The number of amides is 5. The molecule has 0 aliphatic carbocycles. The summed E-state index contributed by atoms with van der Waals surface area (Å²) in [5.41, 5.74) is 2.64. The molecule has 1 fully saturated rings. The van der Waals surface area contributed by atoms with Crippen LogP contribution in [-0.2, 0) is 22.7 Å². The Balaban J connectivity index is 1.20. The second-order valence-electron chi connectivity index (χ2n) is 8.06. The van der Waals surface area contributed by atoms with E-state index in [2.05, 4.69) is 16.0 Å². The van der Waals surface area contributed by atoms with Crippen molar-refractivity contribution in [2.45, 2.75) is 32.0 Å². The van der Waals surface area contributed by atoms with Crippen LogP contribution < -0.4 is 25.4 Å². The van der Waals surface area contributed by atoms with Gasteiger partial charge >= 0.3 is 6.03 Å². The van der Waals surface area contributed by atoms with Gasteiger partial charge in [-0.2, -0.15) is 0 Å². The molecule has 0 radical (unpaired) electrons. The van der Waals surface area contributed by atoms with Crippen molar-refractivity contribution in [3.05, 3.63) is 53.1 Å². The van der Waals surface area contributed by atoms with Crippen molar-refractivity contribution >= 4 is 29.4 Å². The molecule has 3 heterocycles. The van der Waals surface area contributed by atoms with Crippen molar-refractivity contribution in [3.63, 3.8) is 0 Å². The SMILES string of the molecule is O=C1CCC(N2Cc3ccc(CNC(=O)Nc4ccc5c(c4)OCCO5)cc3C2=O)C(=O)N1. The molecular formula is C23H22N4O6. The molecule has 0 saturated carbocycles. The molecule has 3 N–H and O–H groups in total. The summed E-state index contributed by atoms with van der Waals surface area (Å²) in [5.74, 6) is 0.216. The highest BCUT2D eigenvalue weighted by atomic mass is 16.6. The summed E-state index contributed by atoms with van der Waals surface area (Å²) >= 11 is 0. The molecule has 0 spiro atoms. The average molecular weight is 450 g/mol. The molecule has 0 bridgehead atoms. The molecule has 1 unspecified atom stereocenters. The fourth-order valence-electron chi connectivity index (χ4n) is 4.19. The lowest BCUT2D eigenvalue weighted by Crippen LogP contribution is -2.52. The zero-order valence-corrected chi connectivity index (χ0v) is 17.7. The van der Waals surface area contributed by atoms with E-state index in [9.17, 15) is 19.2 Å². The first-order valence-electron chi connectivity index (χ1n) is 10.7. The van der Waals surface area contributed by atoms with Crippen molar-refractivity contribution in [1.82, 2.24) is 15.5 Å². The summed E-state index contributed by atoms with van der Waals surface area (Å²) in [5, 5.41) is 7.81. The lowest BCUT2D eigenvalue weighted by molar-refractivity contribution is -0.136. The predicted octanol–water partition coefficient (Wildman–Crippen LogP) is 1.54. The van der Waals surface area contributed by atoms with Gasteiger partial charge in [0.25, 0.3) is 5.91 Å². The number of urea groups is 1. The molecule has 0 aromatic heterocycles. The summed E-state index contributed by atoms with van der Waals surface area (Å²) in [6, 6.07) is 9.51. The Hall–Kier alpha value is -4.08. The van der Waals surface area contributed by atoms with Gasteiger partial charge in [-0.1, -0.05) is 12.1 Å². The Morgan fingerprint density at radius 2 is 1.88 bits per heavy atom. The van der Waals surface area contributed by atoms with Crippen LogP contribution in [0.15, 0.2) is 36.4 Å². The van der Waals surface area contributed by atoms with Crippen LogP contribution >= 0.6 is 0 Å². The highest BCUT2D eigenvalue weighted by molar-refractivity contribution is 6.05. The van der Waals surface area contributed by atoms with Gasteiger partial charge in [0, 0.05) is 36.8 Å². The largest absolute Gasteiger partial charge is 0.486 e. The highest BCUT2D eigenvalue weighted by Gasteiger charge is 2.39. The molecule has 170 valence electrons. The number of hydrogen-bond acceptors (Lipinski definition) is 6. The van der Waals surface area contributed by atoms with Gasteiger partial charge in [-0.25, -0.2) is 4.79 Å². The Labute approximate surface area is 189 Å². The molecule has 5 amide bonds. The number of fused-ring (bicyclic) bond motifs is 2. The molecule has 10 heteroatoms. The van der Waals surface area contributed by atoms with Crippen LogP contribution in [0.5, 0.6) is 11.5 Å². The van der Waals surface area contributed by atoms with E-state index < -0.39 is 18.0 Å². The van der Waals surface area contributed by atoms with E-state index in [0.29, 0.717) is 48.9 Å². The van der Waals surface area contributed by atoms with Crippen LogP contribution in [-0.4, -0.2) is 47.9 Å². The van der Waals surface area contributed by atoms with E-state index in [1.807, 2.05) is 12.1 Å². The summed E-state index contributed by atoms with van der Waals surface area (Å²) in [7, 11) is 0. The number of carbonyl (C=O) groups excluding carboxylic acids is 4. The molecule has 3 aliphatic rings. The summed E-state index contributed by atoms with van der Waals surface area (Å²) < 4.78 is 11.0. The topological polar surface area (TPSA) is 126 Å². The Morgan fingerprint density at radius 3 is 2.70 bits per heavy atom. The van der Waals surface area contributed by atoms with Crippen molar-refractivity contribution in [2.24, 2.45) is 0 Å². The van der Waals surface area contributed by atoms with E-state index in [-0.39, 0.29) is 24.8 Å². The quantitative estimate of drug-likeness (QED) is 0.607. The molecule has 10 nitrogen and oxygen atoms in total. The number of rotatable bonds is 4. The number of imide groups is 1. The van der Waals surface area contributed by atoms with Crippen LogP contribution in [0.25, 0.3) is 0 Å². The predicted molar refractivity (Wildman–Crippen MR) is 116 cm³/mol. The summed E-state index contributed by atoms with van der Waals surface area (Å²) in [6.07, 6.45) is 0.531. The van der Waals surface area contributed by atoms with Gasteiger partial charge < -0.3 is 25.0 Å². The standard InChI is InChI=1S/C23H22N4O6/c28-20-6-4-17(21(29)26-20)27-12-14-2-1-13(9-16(14)22(27)30)11-24-23(31)25-15-3-5-18-19(10-15)33-8-7-32-18/h1-3,5,9-10,17H,4,6-8,11-12H2,(H2,24,25,31)(H,26,28,29). The fraction of sp³-hybridized carbons (Fsp3) is 0.304. The van der Waals surface area contributed by atoms with Crippen molar-refractivity contribution in [3.8, 4) is 11.5 Å². The number of nitrogens with zero attached hydrogens (tertiary/aromatic N) is 1. The number of ether oxygens (including phenoxy) is 2. The molecule has 5 rings (SSSR count). The van der Waals surface area contributed by atoms with Gasteiger partial charge in [0.15, 0.2) is 11.5 Å². The third-order valence-electron chi connectivity index (χ3n) is 5.85. The van der Waals surface area contributed by atoms with E-state index in [1.165, 1.54) is 4.90 Å². The monoisotopic (exact) mass is 450 g/mol. The van der Waals surface area contributed by atoms with Gasteiger partial charge in [0.1, 0.15) is 19.3 Å². The molecule has 33 heavy (non-hydrogen) atoms. The van der Waals surface area contributed by atoms with E-state index in [1.54, 1.807) is 24.3 Å². The van der Waals surface area contributed by atoms with Crippen LogP contribution in [0.3, 0.4) is 0 Å². The van der Waals surface area contributed by atoms with E-state index >= 15 is 0 Å². The Kier molecular flexibility index (Phi) is 5.33. The maximum Gasteiger partial charge on any atom is 0.319 e. The normalized spacial score (nSPS) is 19.1. The molecular weight excluding hydrogens is 428 g/mol. The smallest absolute Gasteiger partial charge is 0.319 e. The van der Waals surface area contributed by atoms with Crippen LogP contribution in [0.1, 0.15) is 34.3 Å². The van der Waals surface area contributed by atoms with E-state index in [4.69, 9.17) is 9.47 Å². The second kappa shape index (κ2) is 8.45. The third kappa shape index (κ3) is 4.19. The maximum atomic E-state index is 12.9. The number of nitrogens with one attached hydrogen (secondary N) is 3. The summed E-state index contributed by atoms with van der Waals surface area (Å²) in [4.78, 5) is 50.3. The van der Waals surface area contributed by atoms with E-state index in [0.717, 1.165) is 11.1 Å². The van der Waals surface area contributed by atoms with Crippen LogP contribution in [0, 0.1) is 0 Å². The Morgan fingerprint density at radius 1 is 1.06 bits per heavy atom. The van der Waals surface area contributed by atoms with Crippen molar-refractivity contribution in [1.29, 1.82) is 0 Å². The van der Waals surface area contributed by atoms with Crippen LogP contribution in [0.2, 0.25) is 0 Å². The number of hydrogen-bond donors (Lipinski definition) is 3. The molecule has 1 saturated heterocycles. The fourth-order valence-corrected chi connectivity index (χ4v) is 4.19. The number of anilines is 1. The minimum absolute atomic E-state index is 0.212. The molecule has 2 aromatic rings. The van der Waals surface area contributed by atoms with Gasteiger partial charge in [0.2, 0.25) is 11.8 Å². The van der Waals surface area contributed by atoms with Crippen molar-refractivity contribution < 1.29 is 28.7 Å².